The topological polar surface area (TPSA) is 123 Å². The molecule has 0 saturated carbocycles. The number of fused-ring (bicyclic) bond motifs is 2. The molecule has 3 amide bonds. The Labute approximate surface area is 185 Å². The summed E-state index contributed by atoms with van der Waals surface area (Å²) in [6, 6.07) is 6.26. The lowest BCUT2D eigenvalue weighted by Crippen LogP contribution is -2.53. The maximum atomic E-state index is 13.2. The molecule has 10 nitrogen and oxygen atoms in total. The Morgan fingerprint density at radius 1 is 1.25 bits per heavy atom. The first-order valence-corrected chi connectivity index (χ1v) is 10.5. The van der Waals surface area contributed by atoms with E-state index in [0.29, 0.717) is 35.6 Å². The van der Waals surface area contributed by atoms with E-state index in [2.05, 4.69) is 15.8 Å². The summed E-state index contributed by atoms with van der Waals surface area (Å²) in [6.07, 6.45) is 1.11. The fourth-order valence-corrected chi connectivity index (χ4v) is 4.08. The molecule has 0 spiro atoms. The lowest BCUT2D eigenvalue weighted by Gasteiger charge is -2.42. The number of nitrogens with zero attached hydrogens (tertiary/aromatic N) is 2. The van der Waals surface area contributed by atoms with Crippen LogP contribution in [-0.2, 0) is 9.53 Å². The summed E-state index contributed by atoms with van der Waals surface area (Å²) in [5.74, 6) is 0.201. The van der Waals surface area contributed by atoms with Crippen LogP contribution in [0.15, 0.2) is 28.8 Å². The molecule has 10 heteroatoms. The Morgan fingerprint density at radius 2 is 2.06 bits per heavy atom. The number of nitrogens with one attached hydrogen (secondary N) is 2. The molecule has 1 fully saturated rings. The van der Waals surface area contributed by atoms with Crippen LogP contribution in [0.25, 0.3) is 0 Å². The van der Waals surface area contributed by atoms with Gasteiger partial charge in [-0.25, -0.2) is 0 Å². The zero-order valence-electron chi connectivity index (χ0n) is 18.2. The highest BCUT2D eigenvalue weighted by Gasteiger charge is 2.39. The van der Waals surface area contributed by atoms with Crippen molar-refractivity contribution in [2.45, 2.75) is 44.4 Å². The van der Waals surface area contributed by atoms with Gasteiger partial charge < -0.3 is 29.5 Å². The van der Waals surface area contributed by atoms with Crippen molar-refractivity contribution in [2.24, 2.45) is 0 Å². The predicted molar refractivity (Wildman–Crippen MR) is 114 cm³/mol. The van der Waals surface area contributed by atoms with Gasteiger partial charge in [0, 0.05) is 25.8 Å². The van der Waals surface area contributed by atoms with Crippen LogP contribution < -0.4 is 15.4 Å². The van der Waals surface area contributed by atoms with E-state index >= 15 is 0 Å². The second-order valence-electron chi connectivity index (χ2n) is 8.03. The molecule has 0 bridgehead atoms. The fourth-order valence-electron chi connectivity index (χ4n) is 4.08. The van der Waals surface area contributed by atoms with Crippen molar-refractivity contribution in [3.05, 3.63) is 41.3 Å². The van der Waals surface area contributed by atoms with E-state index < -0.39 is 5.91 Å². The highest BCUT2D eigenvalue weighted by Crippen LogP contribution is 2.32. The van der Waals surface area contributed by atoms with Gasteiger partial charge in [0.15, 0.2) is 5.69 Å². The SMILES string of the molecule is CNC(=O)C[C@@H]1CC[C@@H]2[C@@H](COc3ccc(NC(=O)c4cc(C)on4)cc3C(=O)N2C)O1. The van der Waals surface area contributed by atoms with E-state index in [0.717, 1.165) is 0 Å². The maximum absolute atomic E-state index is 13.2. The number of aromatic nitrogens is 1. The Hall–Kier alpha value is -3.40. The minimum absolute atomic E-state index is 0.0784. The van der Waals surface area contributed by atoms with Crippen LogP contribution >= 0.6 is 0 Å². The number of hydrogen-bond acceptors (Lipinski definition) is 7. The second-order valence-corrected chi connectivity index (χ2v) is 8.03. The van der Waals surface area contributed by atoms with E-state index in [-0.39, 0.29) is 48.8 Å². The van der Waals surface area contributed by atoms with Crippen LogP contribution in [0, 0.1) is 6.92 Å². The summed E-state index contributed by atoms with van der Waals surface area (Å²) in [7, 11) is 3.33. The number of anilines is 1. The summed E-state index contributed by atoms with van der Waals surface area (Å²) >= 11 is 0. The zero-order valence-corrected chi connectivity index (χ0v) is 18.2. The monoisotopic (exact) mass is 442 g/mol. The lowest BCUT2D eigenvalue weighted by atomic mass is 9.94. The minimum atomic E-state index is -0.433. The normalized spacial score (nSPS) is 22.7. The Kier molecular flexibility index (Phi) is 6.13. The third kappa shape index (κ3) is 4.45. The maximum Gasteiger partial charge on any atom is 0.277 e. The largest absolute Gasteiger partial charge is 0.490 e. The van der Waals surface area contributed by atoms with Gasteiger partial charge in [-0.1, -0.05) is 5.16 Å². The third-order valence-electron chi connectivity index (χ3n) is 5.82. The number of likely N-dealkylation sites (N-methyl/N-ethyl adjacent to an activating group) is 1. The number of rotatable bonds is 4. The van der Waals surface area contributed by atoms with Gasteiger partial charge in [-0.2, -0.15) is 0 Å². The average molecular weight is 442 g/mol. The highest BCUT2D eigenvalue weighted by atomic mass is 16.5. The van der Waals surface area contributed by atoms with Crippen molar-refractivity contribution in [1.82, 2.24) is 15.4 Å². The van der Waals surface area contributed by atoms with Crippen molar-refractivity contribution in [3.63, 3.8) is 0 Å². The van der Waals surface area contributed by atoms with Gasteiger partial charge in [0.05, 0.1) is 24.1 Å². The van der Waals surface area contributed by atoms with E-state index in [1.807, 2.05) is 0 Å². The molecule has 1 aromatic carbocycles. The van der Waals surface area contributed by atoms with Gasteiger partial charge in [-0.3, -0.25) is 14.4 Å². The van der Waals surface area contributed by atoms with Crippen LogP contribution in [0.3, 0.4) is 0 Å². The van der Waals surface area contributed by atoms with Gasteiger partial charge in [0.25, 0.3) is 11.8 Å². The summed E-state index contributed by atoms with van der Waals surface area (Å²) in [4.78, 5) is 39.0. The summed E-state index contributed by atoms with van der Waals surface area (Å²) < 4.78 is 17.0. The highest BCUT2D eigenvalue weighted by molar-refractivity contribution is 6.04. The first-order chi connectivity index (χ1) is 15.4. The number of aryl methyl sites for hydroxylation is 1. The van der Waals surface area contributed by atoms with Crippen LogP contribution in [0.4, 0.5) is 5.69 Å². The molecule has 2 aliphatic heterocycles. The van der Waals surface area contributed by atoms with Crippen molar-refractivity contribution >= 4 is 23.4 Å². The van der Waals surface area contributed by atoms with E-state index in [9.17, 15) is 14.4 Å². The molecule has 32 heavy (non-hydrogen) atoms. The van der Waals surface area contributed by atoms with Crippen molar-refractivity contribution in [1.29, 1.82) is 0 Å². The molecule has 0 radical (unpaired) electrons. The summed E-state index contributed by atoms with van der Waals surface area (Å²) in [5, 5.41) is 9.04. The van der Waals surface area contributed by atoms with Crippen LogP contribution in [0.1, 0.15) is 45.9 Å². The number of benzene rings is 1. The average Bonchev–Trinajstić information content (AvgIpc) is 3.23. The second kappa shape index (κ2) is 8.99. The fraction of sp³-hybridized carbons (Fsp3) is 0.455. The minimum Gasteiger partial charge on any atom is -0.490 e. The van der Waals surface area contributed by atoms with E-state index in [1.165, 1.54) is 6.07 Å². The molecular weight excluding hydrogens is 416 g/mol. The summed E-state index contributed by atoms with van der Waals surface area (Å²) in [5.41, 5.74) is 0.956. The number of amides is 3. The molecule has 0 aliphatic carbocycles. The predicted octanol–water partition coefficient (Wildman–Crippen LogP) is 1.75. The Morgan fingerprint density at radius 3 is 2.78 bits per heavy atom. The van der Waals surface area contributed by atoms with E-state index in [1.54, 1.807) is 44.1 Å². The summed E-state index contributed by atoms with van der Waals surface area (Å²) in [6.45, 7) is 1.95. The smallest absolute Gasteiger partial charge is 0.277 e. The zero-order chi connectivity index (χ0) is 22.8. The Balaban J connectivity index is 1.51. The van der Waals surface area contributed by atoms with Gasteiger partial charge in [-0.05, 0) is 38.0 Å². The molecular formula is C22H26N4O6. The molecule has 2 aromatic rings. The molecule has 170 valence electrons. The number of ether oxygens (including phenoxy) is 2. The number of carbonyl (C=O) groups excluding carboxylic acids is 3. The Bertz CT molecular complexity index is 1040. The molecule has 4 rings (SSSR count). The number of carbonyl (C=O) groups is 3. The van der Waals surface area contributed by atoms with E-state index in [4.69, 9.17) is 14.0 Å². The molecule has 2 N–H and O–H groups in total. The van der Waals surface area contributed by atoms with Crippen molar-refractivity contribution in [2.75, 3.05) is 26.0 Å². The van der Waals surface area contributed by atoms with Crippen LogP contribution in [0.2, 0.25) is 0 Å². The first kappa shape index (κ1) is 21.8. The first-order valence-electron chi connectivity index (χ1n) is 10.5. The van der Waals surface area contributed by atoms with Gasteiger partial charge in [-0.15, -0.1) is 0 Å². The molecule has 3 heterocycles. The number of hydrogen-bond donors (Lipinski definition) is 2. The molecule has 1 saturated heterocycles. The molecule has 2 aliphatic rings. The van der Waals surface area contributed by atoms with Gasteiger partial charge in [0.2, 0.25) is 5.91 Å². The van der Waals surface area contributed by atoms with Crippen LogP contribution in [0.5, 0.6) is 5.75 Å². The quantitative estimate of drug-likeness (QED) is 0.739. The molecule has 0 unspecified atom stereocenters. The van der Waals surface area contributed by atoms with Crippen LogP contribution in [-0.4, -0.2) is 66.7 Å². The molecule has 1 aromatic heterocycles. The van der Waals surface area contributed by atoms with Gasteiger partial charge >= 0.3 is 0 Å². The van der Waals surface area contributed by atoms with Crippen molar-refractivity contribution < 1.29 is 28.4 Å². The lowest BCUT2D eigenvalue weighted by molar-refractivity contribution is -0.133. The third-order valence-corrected chi connectivity index (χ3v) is 5.82. The van der Waals surface area contributed by atoms with Gasteiger partial charge in [0.1, 0.15) is 24.2 Å². The standard InChI is InChI=1S/C22H26N4O6/c1-12-8-16(25-32-12)21(28)24-13-4-7-18-15(9-13)22(29)26(3)17-6-5-14(10-20(27)23-2)31-19(17)11-30-18/h4,7-9,14,17,19H,5-6,10-11H2,1-3H3,(H,23,27)(H,24,28)/t14-,17+,19+/m0/s1. The molecule has 3 atom stereocenters. The van der Waals surface area contributed by atoms with Crippen molar-refractivity contribution in [3.8, 4) is 5.75 Å².